The number of likely N-dealkylation sites (tertiary alicyclic amines) is 1. The molecule has 2 saturated heterocycles. The molecular weight excluding hydrogens is 392 g/mol. The monoisotopic (exact) mass is 424 g/mol. The summed E-state index contributed by atoms with van der Waals surface area (Å²) in [6.45, 7) is 5.15. The first-order valence-electron chi connectivity index (χ1n) is 11.3. The van der Waals surface area contributed by atoms with E-state index in [0.29, 0.717) is 19.0 Å². The minimum Gasteiger partial charge on any atom is -0.467 e. The van der Waals surface area contributed by atoms with Crippen LogP contribution in [0.1, 0.15) is 25.0 Å². The number of nitrogens with zero attached hydrogens (tertiary/aromatic N) is 2. The number of anilines is 1. The molecule has 1 unspecified atom stereocenters. The van der Waals surface area contributed by atoms with E-state index in [2.05, 4.69) is 44.7 Å². The lowest BCUT2D eigenvalue weighted by Crippen LogP contribution is -2.45. The molecule has 2 amide bonds. The summed E-state index contributed by atoms with van der Waals surface area (Å²) < 4.78 is 5.25. The molecule has 0 spiro atoms. The molecular formula is C24H32N4O3. The van der Waals surface area contributed by atoms with Crippen molar-refractivity contribution in [2.24, 2.45) is 11.8 Å². The number of hydrogen-bond acceptors (Lipinski definition) is 5. The van der Waals surface area contributed by atoms with Gasteiger partial charge in [-0.15, -0.1) is 0 Å². The molecule has 1 aromatic carbocycles. The van der Waals surface area contributed by atoms with Crippen LogP contribution in [-0.4, -0.2) is 56.0 Å². The van der Waals surface area contributed by atoms with Crippen molar-refractivity contribution in [3.63, 3.8) is 0 Å². The lowest BCUT2D eigenvalue weighted by molar-refractivity contribution is -0.127. The molecule has 1 aromatic heterocycles. The van der Waals surface area contributed by atoms with E-state index in [1.165, 1.54) is 5.69 Å². The summed E-state index contributed by atoms with van der Waals surface area (Å²) in [4.78, 5) is 29.3. The standard InChI is InChI=1S/C24H32N4O3/c29-23(25-15-19-8-13-28(17-19)21-5-2-1-3-6-21)18-27-11-9-20(10-12-27)24(30)26-16-22-7-4-14-31-22/h1-7,14,19-20H,8-13,15-18H2,(H,25,29)(H,26,30). The van der Waals surface area contributed by atoms with E-state index < -0.39 is 0 Å². The number of rotatable bonds is 8. The van der Waals surface area contributed by atoms with Gasteiger partial charge in [0, 0.05) is 31.2 Å². The van der Waals surface area contributed by atoms with Crippen LogP contribution in [0, 0.1) is 11.8 Å². The van der Waals surface area contributed by atoms with Crippen LogP contribution in [0.25, 0.3) is 0 Å². The number of piperidine rings is 1. The van der Waals surface area contributed by atoms with Gasteiger partial charge in [0.15, 0.2) is 0 Å². The fourth-order valence-corrected chi connectivity index (χ4v) is 4.47. The number of furan rings is 1. The van der Waals surface area contributed by atoms with E-state index in [1.54, 1.807) is 6.26 Å². The fourth-order valence-electron chi connectivity index (χ4n) is 4.47. The molecule has 4 rings (SSSR count). The minimum atomic E-state index is 0.0109. The highest BCUT2D eigenvalue weighted by atomic mass is 16.3. The molecule has 1 atom stereocenters. The third-order valence-electron chi connectivity index (χ3n) is 6.34. The zero-order valence-electron chi connectivity index (χ0n) is 18.0. The third kappa shape index (κ3) is 6.10. The van der Waals surface area contributed by atoms with Gasteiger partial charge in [0.05, 0.1) is 19.4 Å². The Morgan fingerprint density at radius 3 is 2.52 bits per heavy atom. The number of hydrogen-bond donors (Lipinski definition) is 2. The van der Waals surface area contributed by atoms with Crippen molar-refractivity contribution in [2.45, 2.75) is 25.8 Å². The SMILES string of the molecule is O=C(CN1CCC(C(=O)NCc2ccco2)CC1)NCC1CCN(c2ccccc2)C1. The molecule has 0 aliphatic carbocycles. The van der Waals surface area contributed by atoms with Gasteiger partial charge >= 0.3 is 0 Å². The van der Waals surface area contributed by atoms with Crippen LogP contribution in [0.5, 0.6) is 0 Å². The highest BCUT2D eigenvalue weighted by molar-refractivity contribution is 5.79. The highest BCUT2D eigenvalue weighted by Crippen LogP contribution is 2.23. The normalized spacial score (nSPS) is 20.0. The van der Waals surface area contributed by atoms with Gasteiger partial charge < -0.3 is 20.0 Å². The minimum absolute atomic E-state index is 0.0109. The first kappa shape index (κ1) is 21.4. The number of para-hydroxylation sites is 1. The van der Waals surface area contributed by atoms with E-state index in [-0.39, 0.29) is 17.7 Å². The molecule has 7 heteroatoms. The Labute approximate surface area is 183 Å². The molecule has 2 aliphatic heterocycles. The molecule has 31 heavy (non-hydrogen) atoms. The van der Waals surface area contributed by atoms with Gasteiger partial charge in [-0.25, -0.2) is 0 Å². The van der Waals surface area contributed by atoms with Crippen molar-refractivity contribution in [3.05, 3.63) is 54.5 Å². The van der Waals surface area contributed by atoms with Crippen LogP contribution in [0.4, 0.5) is 5.69 Å². The predicted molar refractivity (Wildman–Crippen MR) is 119 cm³/mol. The molecule has 2 N–H and O–H groups in total. The predicted octanol–water partition coefficient (Wildman–Crippen LogP) is 2.25. The van der Waals surface area contributed by atoms with E-state index in [4.69, 9.17) is 4.42 Å². The third-order valence-corrected chi connectivity index (χ3v) is 6.34. The molecule has 2 fully saturated rings. The molecule has 2 aromatic rings. The van der Waals surface area contributed by atoms with Crippen LogP contribution in [0.2, 0.25) is 0 Å². The number of carbonyl (C=O) groups is 2. The molecule has 0 bridgehead atoms. The second-order valence-electron chi connectivity index (χ2n) is 8.59. The van der Waals surface area contributed by atoms with Gasteiger partial charge in [-0.2, -0.15) is 0 Å². The van der Waals surface area contributed by atoms with Gasteiger partial charge in [-0.3, -0.25) is 14.5 Å². The summed E-state index contributed by atoms with van der Waals surface area (Å²) in [5.41, 5.74) is 1.26. The van der Waals surface area contributed by atoms with Gasteiger partial charge in [0.2, 0.25) is 11.8 Å². The number of carbonyl (C=O) groups excluding carboxylic acids is 2. The van der Waals surface area contributed by atoms with Crippen LogP contribution in [0.3, 0.4) is 0 Å². The number of nitrogens with one attached hydrogen (secondary N) is 2. The Morgan fingerprint density at radius 1 is 0.968 bits per heavy atom. The Balaban J connectivity index is 1.11. The topological polar surface area (TPSA) is 77.8 Å². The smallest absolute Gasteiger partial charge is 0.234 e. The summed E-state index contributed by atoms with van der Waals surface area (Å²) in [6, 6.07) is 14.1. The number of benzene rings is 1. The molecule has 0 saturated carbocycles. The van der Waals surface area contributed by atoms with Crippen LogP contribution in [0.15, 0.2) is 53.1 Å². The average molecular weight is 425 g/mol. The quantitative estimate of drug-likeness (QED) is 0.680. The first-order valence-corrected chi connectivity index (χ1v) is 11.3. The largest absolute Gasteiger partial charge is 0.467 e. The van der Waals surface area contributed by atoms with Gasteiger partial charge in [0.25, 0.3) is 0 Å². The zero-order valence-corrected chi connectivity index (χ0v) is 18.0. The molecule has 0 radical (unpaired) electrons. The summed E-state index contributed by atoms with van der Waals surface area (Å²) in [6.07, 6.45) is 4.28. The van der Waals surface area contributed by atoms with Crippen LogP contribution < -0.4 is 15.5 Å². The maximum Gasteiger partial charge on any atom is 0.234 e. The highest BCUT2D eigenvalue weighted by Gasteiger charge is 2.27. The maximum absolute atomic E-state index is 12.4. The fraction of sp³-hybridized carbons (Fsp3) is 0.500. The van der Waals surface area contributed by atoms with Gasteiger partial charge in [0.1, 0.15) is 5.76 Å². The van der Waals surface area contributed by atoms with Crippen molar-refractivity contribution in [1.29, 1.82) is 0 Å². The lowest BCUT2D eigenvalue weighted by atomic mass is 9.96. The Kier molecular flexibility index (Phi) is 7.25. The van der Waals surface area contributed by atoms with E-state index in [9.17, 15) is 9.59 Å². The Bertz CT molecular complexity index is 832. The van der Waals surface area contributed by atoms with Crippen molar-refractivity contribution in [1.82, 2.24) is 15.5 Å². The molecule has 3 heterocycles. The van der Waals surface area contributed by atoms with E-state index in [0.717, 1.165) is 57.7 Å². The lowest BCUT2D eigenvalue weighted by Gasteiger charge is -2.30. The summed E-state index contributed by atoms with van der Waals surface area (Å²) >= 11 is 0. The molecule has 166 valence electrons. The first-order chi connectivity index (χ1) is 15.2. The Morgan fingerprint density at radius 2 is 1.77 bits per heavy atom. The average Bonchev–Trinajstić information content (AvgIpc) is 3.49. The van der Waals surface area contributed by atoms with Crippen molar-refractivity contribution in [2.75, 3.05) is 44.2 Å². The van der Waals surface area contributed by atoms with Crippen molar-refractivity contribution < 1.29 is 14.0 Å². The summed E-state index contributed by atoms with van der Waals surface area (Å²) in [5.74, 6) is 1.42. The van der Waals surface area contributed by atoms with Crippen molar-refractivity contribution in [3.8, 4) is 0 Å². The summed E-state index contributed by atoms with van der Waals surface area (Å²) in [5, 5.41) is 6.06. The van der Waals surface area contributed by atoms with Gasteiger partial charge in [-0.1, -0.05) is 18.2 Å². The number of amides is 2. The second kappa shape index (κ2) is 10.5. The summed E-state index contributed by atoms with van der Waals surface area (Å²) in [7, 11) is 0. The van der Waals surface area contributed by atoms with Crippen LogP contribution in [-0.2, 0) is 16.1 Å². The second-order valence-corrected chi connectivity index (χ2v) is 8.59. The zero-order chi connectivity index (χ0) is 21.5. The van der Waals surface area contributed by atoms with Crippen LogP contribution >= 0.6 is 0 Å². The van der Waals surface area contributed by atoms with E-state index >= 15 is 0 Å². The van der Waals surface area contributed by atoms with E-state index in [1.807, 2.05) is 18.2 Å². The van der Waals surface area contributed by atoms with Crippen molar-refractivity contribution >= 4 is 17.5 Å². The van der Waals surface area contributed by atoms with Gasteiger partial charge in [-0.05, 0) is 62.5 Å². The Hall–Kier alpha value is -2.80. The molecule has 2 aliphatic rings. The molecule has 7 nitrogen and oxygen atoms in total. The maximum atomic E-state index is 12.4.